The van der Waals surface area contributed by atoms with Gasteiger partial charge in [-0.15, -0.1) is 0 Å². The maximum atomic E-state index is 14.6. The van der Waals surface area contributed by atoms with Crippen LogP contribution >= 0.6 is 0 Å². The first kappa shape index (κ1) is 28.2. The van der Waals surface area contributed by atoms with Crippen LogP contribution in [0.25, 0.3) is 0 Å². The van der Waals surface area contributed by atoms with Crippen molar-refractivity contribution in [3.63, 3.8) is 0 Å². The van der Waals surface area contributed by atoms with E-state index in [1.165, 1.54) is 12.1 Å². The Balaban J connectivity index is 1.92. The maximum absolute atomic E-state index is 14.6. The highest BCUT2D eigenvalue weighted by Gasteiger charge is 2.26. The van der Waals surface area contributed by atoms with Gasteiger partial charge >= 0.3 is 12.0 Å². The lowest BCUT2D eigenvalue weighted by molar-refractivity contribution is -0.137. The fourth-order valence-corrected chi connectivity index (χ4v) is 4.55. The fraction of sp³-hybridized carbons (Fsp3) is 0.500. The lowest BCUT2D eigenvalue weighted by Crippen LogP contribution is -2.42. The van der Waals surface area contributed by atoms with Crippen LogP contribution in [0.4, 0.5) is 26.2 Å². The second-order valence-corrected chi connectivity index (χ2v) is 9.82. The predicted molar refractivity (Wildman–Crippen MR) is 143 cm³/mol. The molecule has 0 aliphatic carbocycles. The van der Waals surface area contributed by atoms with E-state index in [1.807, 2.05) is 32.0 Å². The van der Waals surface area contributed by atoms with Gasteiger partial charge < -0.3 is 30.1 Å². The summed E-state index contributed by atoms with van der Waals surface area (Å²) in [4.78, 5) is 26.6. The number of carboxylic acid groups (broad SMARTS) is 1. The van der Waals surface area contributed by atoms with Gasteiger partial charge in [-0.05, 0) is 61.4 Å². The molecule has 1 fully saturated rings. The number of carboxylic acids is 1. The van der Waals surface area contributed by atoms with Gasteiger partial charge in [0.25, 0.3) is 0 Å². The van der Waals surface area contributed by atoms with Crippen molar-refractivity contribution in [1.29, 1.82) is 0 Å². The van der Waals surface area contributed by atoms with Crippen molar-refractivity contribution >= 4 is 29.1 Å². The molecular formula is C28H38FN3O5. The molecule has 1 aliphatic rings. The van der Waals surface area contributed by atoms with Crippen LogP contribution in [-0.2, 0) is 9.53 Å². The molecule has 0 aromatic heterocycles. The zero-order chi connectivity index (χ0) is 26.9. The molecule has 3 rings (SSSR count). The molecule has 2 aromatic carbocycles. The molecule has 8 nitrogen and oxygen atoms in total. The van der Waals surface area contributed by atoms with Gasteiger partial charge in [0.15, 0.2) is 0 Å². The summed E-state index contributed by atoms with van der Waals surface area (Å²) in [5.41, 5.74) is 2.21. The number of benzene rings is 2. The number of carbonyl (C=O) groups excluding carboxylic acids is 1. The molecule has 1 atom stereocenters. The summed E-state index contributed by atoms with van der Waals surface area (Å²) in [6.07, 6.45) is 1.71. The normalized spacial score (nSPS) is 14.8. The molecule has 2 amide bonds. The molecule has 0 saturated carbocycles. The second kappa shape index (κ2) is 13.3. The molecule has 0 bridgehead atoms. The van der Waals surface area contributed by atoms with E-state index in [2.05, 4.69) is 29.4 Å². The Kier molecular flexibility index (Phi) is 10.1. The number of rotatable bonds is 11. The molecule has 1 saturated heterocycles. The smallest absolute Gasteiger partial charge is 0.323 e. The lowest BCUT2D eigenvalue weighted by atomic mass is 9.95. The fourth-order valence-electron chi connectivity index (χ4n) is 4.55. The highest BCUT2D eigenvalue weighted by Crippen LogP contribution is 2.35. The molecule has 0 spiro atoms. The summed E-state index contributed by atoms with van der Waals surface area (Å²) in [7, 11) is 0. The van der Waals surface area contributed by atoms with Crippen LogP contribution < -0.4 is 20.3 Å². The van der Waals surface area contributed by atoms with Crippen molar-refractivity contribution in [3.8, 4) is 5.75 Å². The molecule has 2 aromatic rings. The standard InChI is InChI=1S/C28H38FN3O5/c1-5-37-22-7-8-24(23(29)16-22)30-28(35)31-25-15-20(19(4)14-27(33)34)6-9-26(25)32(17-18(2)3)21-10-12-36-13-11-21/h6-9,15-16,18-19,21H,5,10-14,17H2,1-4H3,(H,33,34)(H2,30,31,35). The van der Waals surface area contributed by atoms with Crippen molar-refractivity contribution in [2.45, 2.75) is 58.9 Å². The molecule has 0 radical (unpaired) electrons. The minimum Gasteiger partial charge on any atom is -0.494 e. The number of carbonyl (C=O) groups is 2. The molecule has 37 heavy (non-hydrogen) atoms. The van der Waals surface area contributed by atoms with Gasteiger partial charge in [0, 0.05) is 31.9 Å². The monoisotopic (exact) mass is 515 g/mol. The minimum atomic E-state index is -0.890. The zero-order valence-electron chi connectivity index (χ0n) is 22.1. The zero-order valence-corrected chi connectivity index (χ0v) is 22.1. The summed E-state index contributed by atoms with van der Waals surface area (Å²) in [6, 6.07) is 9.62. The third-order valence-corrected chi connectivity index (χ3v) is 6.32. The van der Waals surface area contributed by atoms with Crippen molar-refractivity contribution in [2.75, 3.05) is 41.9 Å². The van der Waals surface area contributed by atoms with E-state index in [1.54, 1.807) is 6.07 Å². The predicted octanol–water partition coefficient (Wildman–Crippen LogP) is 6.09. The van der Waals surface area contributed by atoms with E-state index in [9.17, 15) is 19.1 Å². The number of halogens is 1. The van der Waals surface area contributed by atoms with Crippen LogP contribution in [0.3, 0.4) is 0 Å². The highest BCUT2D eigenvalue weighted by molar-refractivity contribution is 6.02. The van der Waals surface area contributed by atoms with Crippen LogP contribution in [0, 0.1) is 11.7 Å². The SMILES string of the molecule is CCOc1ccc(NC(=O)Nc2cc(C(C)CC(=O)O)ccc2N(CC(C)C)C2CCOCC2)c(F)c1. The van der Waals surface area contributed by atoms with Crippen LogP contribution in [0.1, 0.15) is 58.4 Å². The second-order valence-electron chi connectivity index (χ2n) is 9.82. The highest BCUT2D eigenvalue weighted by atomic mass is 19.1. The van der Waals surface area contributed by atoms with Gasteiger partial charge in [0.1, 0.15) is 11.6 Å². The number of anilines is 3. The third-order valence-electron chi connectivity index (χ3n) is 6.32. The van der Waals surface area contributed by atoms with E-state index in [0.29, 0.717) is 37.2 Å². The maximum Gasteiger partial charge on any atom is 0.323 e. The number of amides is 2. The molecular weight excluding hydrogens is 477 g/mol. The van der Waals surface area contributed by atoms with E-state index >= 15 is 0 Å². The first-order chi connectivity index (χ1) is 17.7. The molecule has 3 N–H and O–H groups in total. The number of nitrogens with zero attached hydrogens (tertiary/aromatic N) is 1. The van der Waals surface area contributed by atoms with Gasteiger partial charge in [-0.3, -0.25) is 4.79 Å². The number of ether oxygens (including phenoxy) is 2. The van der Waals surface area contributed by atoms with Crippen molar-refractivity contribution in [1.82, 2.24) is 0 Å². The molecule has 1 heterocycles. The molecule has 9 heteroatoms. The Labute approximate surface area is 218 Å². The van der Waals surface area contributed by atoms with E-state index < -0.39 is 17.8 Å². The van der Waals surface area contributed by atoms with Gasteiger partial charge in [0.05, 0.1) is 30.1 Å². The van der Waals surface area contributed by atoms with Crippen LogP contribution in [0.2, 0.25) is 0 Å². The Bertz CT molecular complexity index is 1070. The van der Waals surface area contributed by atoms with Gasteiger partial charge in [-0.2, -0.15) is 0 Å². The van der Waals surface area contributed by atoms with Gasteiger partial charge in [-0.1, -0.05) is 26.8 Å². The van der Waals surface area contributed by atoms with E-state index in [-0.39, 0.29) is 24.1 Å². The number of hydrogen-bond donors (Lipinski definition) is 3. The summed E-state index contributed by atoms with van der Waals surface area (Å²) in [5, 5.41) is 14.8. The number of hydrogen-bond acceptors (Lipinski definition) is 5. The Morgan fingerprint density at radius 3 is 2.43 bits per heavy atom. The first-order valence-corrected chi connectivity index (χ1v) is 12.9. The average Bonchev–Trinajstić information content (AvgIpc) is 2.84. The quantitative estimate of drug-likeness (QED) is 0.335. The third kappa shape index (κ3) is 8.08. The number of urea groups is 1. The minimum absolute atomic E-state index is 0.0290. The molecule has 1 unspecified atom stereocenters. The van der Waals surface area contributed by atoms with Gasteiger partial charge in [-0.25, -0.2) is 9.18 Å². The van der Waals surface area contributed by atoms with Crippen LogP contribution in [-0.4, -0.2) is 49.5 Å². The Morgan fingerprint density at radius 1 is 1.11 bits per heavy atom. The number of aliphatic carboxylic acids is 1. The van der Waals surface area contributed by atoms with Crippen molar-refractivity contribution < 1.29 is 28.6 Å². The first-order valence-electron chi connectivity index (χ1n) is 12.9. The van der Waals surface area contributed by atoms with Gasteiger partial charge in [0.2, 0.25) is 0 Å². The lowest BCUT2D eigenvalue weighted by Gasteiger charge is -2.38. The summed E-state index contributed by atoms with van der Waals surface area (Å²) >= 11 is 0. The van der Waals surface area contributed by atoms with Crippen LogP contribution in [0.15, 0.2) is 36.4 Å². The average molecular weight is 516 g/mol. The van der Waals surface area contributed by atoms with Crippen molar-refractivity contribution in [2.24, 2.45) is 5.92 Å². The largest absolute Gasteiger partial charge is 0.494 e. The summed E-state index contributed by atoms with van der Waals surface area (Å²) < 4.78 is 25.4. The molecule has 1 aliphatic heterocycles. The Hall–Kier alpha value is -3.33. The summed E-state index contributed by atoms with van der Waals surface area (Å²) in [6.45, 7) is 10.5. The summed E-state index contributed by atoms with van der Waals surface area (Å²) in [5.74, 6) is -0.991. The number of nitrogens with one attached hydrogen (secondary N) is 2. The Morgan fingerprint density at radius 2 is 1.81 bits per heavy atom. The van der Waals surface area contributed by atoms with Crippen molar-refractivity contribution in [3.05, 3.63) is 47.8 Å². The molecule has 202 valence electrons. The van der Waals surface area contributed by atoms with E-state index in [4.69, 9.17) is 9.47 Å². The topological polar surface area (TPSA) is 100 Å². The van der Waals surface area contributed by atoms with E-state index in [0.717, 1.165) is 30.6 Å². The van der Waals surface area contributed by atoms with Crippen LogP contribution in [0.5, 0.6) is 5.75 Å².